The summed E-state index contributed by atoms with van der Waals surface area (Å²) in [6.45, 7) is 3.63. The second-order valence-electron chi connectivity index (χ2n) is 10.2. The van der Waals surface area contributed by atoms with Gasteiger partial charge in [-0.25, -0.2) is 4.57 Å². The molecule has 0 aromatic heterocycles. The molecule has 0 bridgehead atoms. The minimum atomic E-state index is -4.26. The molecule has 0 spiro atoms. The van der Waals surface area contributed by atoms with Gasteiger partial charge in [0, 0.05) is 20.0 Å². The number of phosphoric ester groups is 1. The van der Waals surface area contributed by atoms with Crippen LogP contribution in [0.4, 0.5) is 0 Å². The Morgan fingerprint density at radius 2 is 1.21 bits per heavy atom. The number of rotatable bonds is 28. The van der Waals surface area contributed by atoms with Gasteiger partial charge < -0.3 is 14.4 Å². The highest BCUT2D eigenvalue weighted by Gasteiger charge is 2.24. The van der Waals surface area contributed by atoms with E-state index in [0.29, 0.717) is 6.42 Å². The molecule has 0 heterocycles. The van der Waals surface area contributed by atoms with Crippen molar-refractivity contribution in [2.24, 2.45) is 0 Å². The highest BCUT2D eigenvalue weighted by atomic mass is 31.2. The second-order valence-corrected chi connectivity index (χ2v) is 11.8. The van der Waals surface area contributed by atoms with Gasteiger partial charge in [0.15, 0.2) is 6.10 Å². The molecule has 0 aliphatic heterocycles. The molecule has 0 fully saturated rings. The van der Waals surface area contributed by atoms with Gasteiger partial charge in [-0.15, -0.1) is 0 Å². The summed E-state index contributed by atoms with van der Waals surface area (Å²) in [6.07, 6.45) is 31.7. The number of hydrogen-bond acceptors (Lipinski definition) is 7. The molecule has 8 nitrogen and oxygen atoms in total. The molecule has 1 N–H and O–H groups in total. The number of carbonyl (C=O) groups is 2. The molecule has 0 aromatic carbocycles. The van der Waals surface area contributed by atoms with Gasteiger partial charge in [0.25, 0.3) is 0 Å². The highest BCUT2D eigenvalue weighted by molar-refractivity contribution is 7.47. The Bertz CT molecular complexity index is 834. The molecule has 0 radical (unpaired) electrons. The largest absolute Gasteiger partial charge is 0.472 e. The molecule has 0 rings (SSSR count). The van der Waals surface area contributed by atoms with Crippen LogP contribution in [0.1, 0.15) is 123 Å². The topological polar surface area (TPSA) is 108 Å². The summed E-state index contributed by atoms with van der Waals surface area (Å²) in [6, 6.07) is 0. The maximum atomic E-state index is 12.4. The number of esters is 2. The summed E-state index contributed by atoms with van der Waals surface area (Å²) in [7, 11) is -3.21. The molecule has 0 aromatic rings. The Morgan fingerprint density at radius 3 is 1.86 bits per heavy atom. The lowest BCUT2D eigenvalue weighted by atomic mass is 10.1. The molecule has 0 saturated heterocycles. The van der Waals surface area contributed by atoms with Crippen LogP contribution in [0.5, 0.6) is 0 Å². The van der Waals surface area contributed by atoms with E-state index in [1.54, 1.807) is 0 Å². The van der Waals surface area contributed by atoms with Crippen LogP contribution >= 0.6 is 7.82 Å². The molecule has 2 atom stereocenters. The van der Waals surface area contributed by atoms with Crippen LogP contribution in [0, 0.1) is 0 Å². The van der Waals surface area contributed by atoms with Crippen molar-refractivity contribution in [3.8, 4) is 0 Å². The maximum Gasteiger partial charge on any atom is 0.472 e. The lowest BCUT2D eigenvalue weighted by Crippen LogP contribution is -2.29. The molecule has 0 saturated carbocycles. The first kappa shape index (κ1) is 40.0. The molecule has 9 heteroatoms. The molecule has 0 aliphatic carbocycles. The van der Waals surface area contributed by atoms with Crippen LogP contribution in [0.25, 0.3) is 0 Å². The van der Waals surface area contributed by atoms with E-state index >= 15 is 0 Å². The average molecular weight is 613 g/mol. The third kappa shape index (κ3) is 28.1. The number of allylic oxidation sites excluding steroid dienone is 8. The normalized spacial score (nSPS) is 14.3. The van der Waals surface area contributed by atoms with E-state index < -0.39 is 32.5 Å². The first-order valence-electron chi connectivity index (χ1n) is 15.8. The number of hydrogen-bond donors (Lipinski definition) is 1. The van der Waals surface area contributed by atoms with Crippen molar-refractivity contribution in [2.45, 2.75) is 129 Å². The van der Waals surface area contributed by atoms with E-state index in [-0.39, 0.29) is 19.4 Å². The van der Waals surface area contributed by atoms with Gasteiger partial charge >= 0.3 is 19.8 Å². The lowest BCUT2D eigenvalue weighted by Gasteiger charge is -2.19. The Balaban J connectivity index is 4.23. The van der Waals surface area contributed by atoms with E-state index in [9.17, 15) is 19.0 Å². The van der Waals surface area contributed by atoms with E-state index in [2.05, 4.69) is 67.0 Å². The smallest absolute Gasteiger partial charge is 0.462 e. The number of unbranched alkanes of at least 4 members (excludes halogenated alkanes) is 9. The molecular formula is C33H57O8P. The standard InChI is InChI=1S/C33H57O8P/c1-4-6-8-10-12-14-16-17-18-20-22-24-26-28-33(35)41-31(30-40-42(36,37)38-3)29-39-32(34)27-25-23-21-19-15-13-11-9-7-5-2/h6,8-9,11-12,14,17-18,31H,4-5,7,10,13,15-16,19-30H2,1-3H3,(H,36,37)/b8-6-,11-9-,14-12-,18-17-. The van der Waals surface area contributed by atoms with Gasteiger partial charge in [0.05, 0.1) is 6.61 Å². The molecular weight excluding hydrogens is 555 g/mol. The van der Waals surface area contributed by atoms with Gasteiger partial charge in [-0.3, -0.25) is 18.6 Å². The summed E-state index contributed by atoms with van der Waals surface area (Å²) in [5.74, 6) is -0.860. The first-order chi connectivity index (χ1) is 20.3. The first-order valence-corrected chi connectivity index (χ1v) is 17.3. The average Bonchev–Trinajstić information content (AvgIpc) is 2.97. The van der Waals surface area contributed by atoms with Crippen molar-refractivity contribution in [2.75, 3.05) is 20.3 Å². The third-order valence-corrected chi connectivity index (χ3v) is 7.22. The zero-order chi connectivity index (χ0) is 31.2. The number of phosphoric acid groups is 1. The molecule has 0 aliphatic rings. The highest BCUT2D eigenvalue weighted by Crippen LogP contribution is 2.42. The van der Waals surface area contributed by atoms with Gasteiger partial charge in [-0.1, -0.05) is 94.6 Å². The van der Waals surface area contributed by atoms with Crippen LogP contribution in [0.2, 0.25) is 0 Å². The summed E-state index contributed by atoms with van der Waals surface area (Å²) >= 11 is 0. The summed E-state index contributed by atoms with van der Waals surface area (Å²) in [5.41, 5.74) is 0. The zero-order valence-corrected chi connectivity index (χ0v) is 27.3. The van der Waals surface area contributed by atoms with Gasteiger partial charge in [0.2, 0.25) is 0 Å². The van der Waals surface area contributed by atoms with Crippen molar-refractivity contribution >= 4 is 19.8 Å². The third-order valence-electron chi connectivity index (χ3n) is 6.29. The van der Waals surface area contributed by atoms with Gasteiger partial charge in [-0.2, -0.15) is 0 Å². The minimum absolute atomic E-state index is 0.206. The lowest BCUT2D eigenvalue weighted by molar-refractivity contribution is -0.161. The summed E-state index contributed by atoms with van der Waals surface area (Å²) in [4.78, 5) is 34.1. The SMILES string of the molecule is CC/C=C\C/C=C\C/C=C\CCCCCC(=O)OC(COC(=O)CCCCCCC/C=C\CCC)COP(=O)(O)OC. The van der Waals surface area contributed by atoms with Crippen molar-refractivity contribution in [1.82, 2.24) is 0 Å². The van der Waals surface area contributed by atoms with Crippen LogP contribution in [-0.4, -0.2) is 43.3 Å². The molecule has 0 amide bonds. The Morgan fingerprint density at radius 1 is 0.690 bits per heavy atom. The van der Waals surface area contributed by atoms with Gasteiger partial charge in [-0.05, 0) is 64.2 Å². The van der Waals surface area contributed by atoms with E-state index in [0.717, 1.165) is 90.6 Å². The fourth-order valence-corrected chi connectivity index (χ4v) is 4.31. The molecule has 2 unspecified atom stereocenters. The maximum absolute atomic E-state index is 12.4. The Labute approximate surface area is 255 Å². The van der Waals surface area contributed by atoms with E-state index in [4.69, 9.17) is 14.0 Å². The predicted octanol–water partition coefficient (Wildman–Crippen LogP) is 9.10. The van der Waals surface area contributed by atoms with Gasteiger partial charge in [0.1, 0.15) is 6.61 Å². The summed E-state index contributed by atoms with van der Waals surface area (Å²) in [5, 5.41) is 0. The van der Waals surface area contributed by atoms with E-state index in [1.807, 2.05) is 0 Å². The van der Waals surface area contributed by atoms with E-state index in [1.165, 1.54) is 6.42 Å². The quantitative estimate of drug-likeness (QED) is 0.0403. The molecule has 42 heavy (non-hydrogen) atoms. The predicted molar refractivity (Wildman–Crippen MR) is 170 cm³/mol. The van der Waals surface area contributed by atoms with Crippen LogP contribution in [-0.2, 0) is 32.7 Å². The summed E-state index contributed by atoms with van der Waals surface area (Å²) < 4.78 is 31.6. The number of carbonyl (C=O) groups excluding carboxylic acids is 2. The van der Waals surface area contributed by atoms with Crippen molar-refractivity contribution in [3.63, 3.8) is 0 Å². The molecule has 242 valence electrons. The zero-order valence-electron chi connectivity index (χ0n) is 26.4. The Kier molecular flexibility index (Phi) is 27.7. The fourth-order valence-electron chi connectivity index (χ4n) is 3.85. The monoisotopic (exact) mass is 612 g/mol. The van der Waals surface area contributed by atoms with Crippen LogP contribution < -0.4 is 0 Å². The minimum Gasteiger partial charge on any atom is -0.462 e. The van der Waals surface area contributed by atoms with Crippen LogP contribution in [0.3, 0.4) is 0 Å². The van der Waals surface area contributed by atoms with Crippen molar-refractivity contribution in [3.05, 3.63) is 48.6 Å². The number of ether oxygens (including phenoxy) is 2. The second kappa shape index (κ2) is 29.1. The van der Waals surface area contributed by atoms with Crippen LogP contribution in [0.15, 0.2) is 48.6 Å². The Hall–Kier alpha value is -1.99. The van der Waals surface area contributed by atoms with Crippen molar-refractivity contribution < 1.29 is 37.6 Å². The fraction of sp³-hybridized carbons (Fsp3) is 0.697. The van der Waals surface area contributed by atoms with Crippen molar-refractivity contribution in [1.29, 1.82) is 0 Å².